The van der Waals surface area contributed by atoms with Crippen molar-refractivity contribution >= 4 is 0 Å². The average molecular weight is 454 g/mol. The van der Waals surface area contributed by atoms with Gasteiger partial charge in [0.2, 0.25) is 0 Å². The van der Waals surface area contributed by atoms with Gasteiger partial charge in [-0.15, -0.1) is 0 Å². The van der Waals surface area contributed by atoms with Crippen LogP contribution in [-0.4, -0.2) is 46.5 Å². The van der Waals surface area contributed by atoms with Crippen molar-refractivity contribution in [2.45, 2.75) is 96.8 Å². The van der Waals surface area contributed by atoms with Gasteiger partial charge in [-0.25, -0.2) is 0 Å². The van der Waals surface area contributed by atoms with E-state index in [4.69, 9.17) is 0 Å². The highest BCUT2D eigenvalue weighted by atomic mass is 16.3. The summed E-state index contributed by atoms with van der Waals surface area (Å²) >= 11 is 0. The van der Waals surface area contributed by atoms with Crippen molar-refractivity contribution < 1.29 is 10.2 Å². The second-order valence-electron chi connectivity index (χ2n) is 11.6. The number of aliphatic hydroxyl groups is 2. The van der Waals surface area contributed by atoms with E-state index in [2.05, 4.69) is 70.0 Å². The lowest BCUT2D eigenvalue weighted by Crippen LogP contribution is -2.38. The maximum absolute atomic E-state index is 10.6. The van der Waals surface area contributed by atoms with Gasteiger partial charge in [0, 0.05) is 17.9 Å². The second-order valence-corrected chi connectivity index (χ2v) is 11.6. The number of aryl methyl sites for hydroxylation is 1. The van der Waals surface area contributed by atoms with Crippen molar-refractivity contribution in [3.63, 3.8) is 0 Å². The summed E-state index contributed by atoms with van der Waals surface area (Å²) in [6.07, 6.45) is 14.7. The van der Waals surface area contributed by atoms with Crippen molar-refractivity contribution in [1.82, 2.24) is 4.90 Å². The Morgan fingerprint density at radius 2 is 1.91 bits per heavy atom. The molecule has 0 aliphatic heterocycles. The number of aliphatic hydroxyl groups excluding tert-OH is 2. The van der Waals surface area contributed by atoms with Crippen molar-refractivity contribution in [2.24, 2.45) is 17.8 Å². The molecule has 5 atom stereocenters. The number of benzene rings is 1. The first kappa shape index (κ1) is 26.2. The van der Waals surface area contributed by atoms with Gasteiger partial charge in [-0.1, -0.05) is 66.5 Å². The van der Waals surface area contributed by atoms with Gasteiger partial charge in [0.25, 0.3) is 0 Å². The van der Waals surface area contributed by atoms with E-state index < -0.39 is 6.10 Å². The van der Waals surface area contributed by atoms with Crippen LogP contribution in [0.25, 0.3) is 0 Å². The zero-order valence-electron chi connectivity index (χ0n) is 21.6. The minimum Gasteiger partial charge on any atom is -0.392 e. The number of rotatable bonds is 11. The van der Waals surface area contributed by atoms with Gasteiger partial charge in [0.1, 0.15) is 0 Å². The van der Waals surface area contributed by atoms with Gasteiger partial charge in [-0.2, -0.15) is 0 Å². The molecule has 0 spiro atoms. The summed E-state index contributed by atoms with van der Waals surface area (Å²) in [7, 11) is 2.23. The van der Waals surface area contributed by atoms with Crippen molar-refractivity contribution in [2.75, 3.05) is 13.6 Å². The molecular formula is C30H47NO2. The summed E-state index contributed by atoms with van der Waals surface area (Å²) in [5.74, 6) is 1.20. The van der Waals surface area contributed by atoms with E-state index in [1.54, 1.807) is 5.57 Å². The zero-order chi connectivity index (χ0) is 24.0. The van der Waals surface area contributed by atoms with Crippen LogP contribution in [0.1, 0.15) is 76.8 Å². The molecule has 1 aromatic carbocycles. The summed E-state index contributed by atoms with van der Waals surface area (Å²) < 4.78 is 0. The van der Waals surface area contributed by atoms with Crippen molar-refractivity contribution in [3.8, 4) is 0 Å². The van der Waals surface area contributed by atoms with Crippen LogP contribution < -0.4 is 0 Å². The molecule has 1 aromatic rings. The molecule has 184 valence electrons. The Labute approximate surface area is 202 Å². The van der Waals surface area contributed by atoms with Crippen LogP contribution >= 0.6 is 0 Å². The molecule has 1 saturated carbocycles. The first-order valence-electron chi connectivity index (χ1n) is 13.1. The van der Waals surface area contributed by atoms with Gasteiger partial charge in [-0.05, 0) is 90.8 Å². The summed E-state index contributed by atoms with van der Waals surface area (Å²) in [6.45, 7) is 10.1. The molecule has 1 fully saturated rings. The number of allylic oxidation sites excluding steroid dienone is 2. The quantitative estimate of drug-likeness (QED) is 0.315. The van der Waals surface area contributed by atoms with E-state index in [1.807, 2.05) is 12.1 Å². The predicted molar refractivity (Wildman–Crippen MR) is 139 cm³/mol. The molecule has 0 aromatic heterocycles. The molecule has 0 amide bonds. The minimum atomic E-state index is -0.496. The van der Waals surface area contributed by atoms with Gasteiger partial charge in [0.15, 0.2) is 0 Å². The van der Waals surface area contributed by atoms with Gasteiger partial charge >= 0.3 is 0 Å². The number of fused-ring (bicyclic) bond motifs is 1. The highest BCUT2D eigenvalue weighted by molar-refractivity contribution is 5.24. The van der Waals surface area contributed by atoms with Gasteiger partial charge in [0.05, 0.1) is 12.2 Å². The molecule has 0 unspecified atom stereocenters. The lowest BCUT2D eigenvalue weighted by Gasteiger charge is -2.31. The van der Waals surface area contributed by atoms with Crippen LogP contribution in [0.15, 0.2) is 48.1 Å². The fraction of sp³-hybridized carbons (Fsp3) is 0.667. The van der Waals surface area contributed by atoms with Crippen LogP contribution in [0.4, 0.5) is 0 Å². The van der Waals surface area contributed by atoms with Crippen LogP contribution in [0.2, 0.25) is 0 Å². The molecule has 2 N–H and O–H groups in total. The molecule has 3 rings (SSSR count). The molecule has 33 heavy (non-hydrogen) atoms. The highest BCUT2D eigenvalue weighted by Crippen LogP contribution is 2.48. The Bertz CT molecular complexity index is 806. The Morgan fingerprint density at radius 1 is 1.15 bits per heavy atom. The molecule has 2 aliphatic carbocycles. The Morgan fingerprint density at radius 3 is 2.64 bits per heavy atom. The molecule has 0 heterocycles. The van der Waals surface area contributed by atoms with Crippen molar-refractivity contribution in [3.05, 3.63) is 59.2 Å². The van der Waals surface area contributed by atoms with E-state index in [-0.39, 0.29) is 17.6 Å². The first-order valence-corrected chi connectivity index (χ1v) is 13.1. The lowest BCUT2D eigenvalue weighted by molar-refractivity contribution is 0.140. The molecule has 2 aliphatic rings. The molecule has 3 nitrogen and oxygen atoms in total. The number of unbranched alkanes of at least 4 members (excludes halogenated alkanes) is 3. The largest absolute Gasteiger partial charge is 0.392 e. The third-order valence-corrected chi connectivity index (χ3v) is 7.92. The standard InChI is InChI=1S/C30H47NO2/c1-22-11-10-13-23(17-22)19-26(32)14-15-27-28-20-24(18-25(28)21-29(27)33)12-8-6-7-9-16-31(5)30(2,3)4/h10-11,13-15,17-18,25-29,32-33H,6-9,12,16,19-21H2,1-5H3/b15-14+/t25-,26+,27+,28-,29+/m0/s1. The molecular weight excluding hydrogens is 406 g/mol. The summed E-state index contributed by atoms with van der Waals surface area (Å²) in [5, 5.41) is 21.1. The normalized spacial score (nSPS) is 26.2. The van der Waals surface area contributed by atoms with E-state index in [9.17, 15) is 10.2 Å². The average Bonchev–Trinajstić information content (AvgIpc) is 3.24. The third kappa shape index (κ3) is 7.80. The summed E-state index contributed by atoms with van der Waals surface area (Å²) in [6, 6.07) is 8.33. The fourth-order valence-corrected chi connectivity index (χ4v) is 5.59. The Kier molecular flexibility index (Phi) is 9.38. The number of hydrogen-bond acceptors (Lipinski definition) is 3. The molecule has 0 saturated heterocycles. The second kappa shape index (κ2) is 11.8. The lowest BCUT2D eigenvalue weighted by atomic mass is 9.88. The Hall–Kier alpha value is -1.42. The SMILES string of the molecule is Cc1cccc(C[C@H](O)/C=C/[C@@H]2[C@H]3CC(CCCCCCN(C)C(C)(C)C)=C[C@H]3C[C@H]2O)c1. The van der Waals surface area contributed by atoms with Crippen LogP contribution in [-0.2, 0) is 6.42 Å². The van der Waals surface area contributed by atoms with Crippen LogP contribution in [0.3, 0.4) is 0 Å². The van der Waals surface area contributed by atoms with Gasteiger partial charge in [-0.3, -0.25) is 0 Å². The maximum atomic E-state index is 10.6. The molecule has 0 radical (unpaired) electrons. The highest BCUT2D eigenvalue weighted by Gasteiger charge is 2.43. The zero-order valence-corrected chi connectivity index (χ0v) is 21.6. The monoisotopic (exact) mass is 453 g/mol. The number of hydrogen-bond donors (Lipinski definition) is 2. The van der Waals surface area contributed by atoms with E-state index in [1.165, 1.54) is 44.2 Å². The molecule has 3 heteroatoms. The van der Waals surface area contributed by atoms with Crippen LogP contribution in [0.5, 0.6) is 0 Å². The predicted octanol–water partition coefficient (Wildman–Crippen LogP) is 6.08. The third-order valence-electron chi connectivity index (χ3n) is 7.92. The summed E-state index contributed by atoms with van der Waals surface area (Å²) in [5.41, 5.74) is 4.24. The topological polar surface area (TPSA) is 43.7 Å². The van der Waals surface area contributed by atoms with E-state index in [0.29, 0.717) is 18.3 Å². The van der Waals surface area contributed by atoms with E-state index in [0.717, 1.165) is 18.4 Å². The van der Waals surface area contributed by atoms with Crippen LogP contribution in [0, 0.1) is 24.7 Å². The van der Waals surface area contributed by atoms with Crippen molar-refractivity contribution in [1.29, 1.82) is 0 Å². The maximum Gasteiger partial charge on any atom is 0.0761 e. The smallest absolute Gasteiger partial charge is 0.0761 e. The minimum absolute atomic E-state index is 0.170. The molecule has 0 bridgehead atoms. The fourth-order valence-electron chi connectivity index (χ4n) is 5.59. The van der Waals surface area contributed by atoms with E-state index >= 15 is 0 Å². The number of nitrogens with zero attached hydrogens (tertiary/aromatic N) is 1. The van der Waals surface area contributed by atoms with Gasteiger partial charge < -0.3 is 15.1 Å². The Balaban J connectivity index is 1.39. The summed E-state index contributed by atoms with van der Waals surface area (Å²) in [4.78, 5) is 2.45. The first-order chi connectivity index (χ1) is 15.6.